The number of rotatable bonds is 0. The average molecular weight is 330 g/mol. The molecule has 0 aromatic heterocycles. The van der Waals surface area contributed by atoms with Crippen LogP contribution < -0.4 is 24.8 Å². The van der Waals surface area contributed by atoms with E-state index in [0.717, 1.165) is 6.42 Å². The van der Waals surface area contributed by atoms with Gasteiger partial charge < -0.3 is 32.2 Å². The first-order chi connectivity index (χ1) is 2.50. The molecule has 0 aromatic rings. The van der Waals surface area contributed by atoms with E-state index in [1.54, 1.807) is 0 Å². The summed E-state index contributed by atoms with van der Waals surface area (Å²) in [7, 11) is 0. The fourth-order valence-corrected chi connectivity index (χ4v) is 0.340. The summed E-state index contributed by atoms with van der Waals surface area (Å²) in [6, 6.07) is 0. The maximum Gasteiger partial charge on any atom is 4.00 e. The van der Waals surface area contributed by atoms with Gasteiger partial charge in [0.15, 0.2) is 0 Å². The van der Waals surface area contributed by atoms with Gasteiger partial charge in [-0.3, -0.25) is 6.08 Å². The molecule has 0 heterocycles. The summed E-state index contributed by atoms with van der Waals surface area (Å²) in [5.41, 5.74) is 0. The van der Waals surface area contributed by atoms with Crippen molar-refractivity contribution < 1.29 is 50.7 Å². The molecule has 1 rings (SSSR count). The van der Waals surface area contributed by atoms with Crippen molar-refractivity contribution in [3.63, 3.8) is 0 Å². The van der Waals surface area contributed by atoms with Crippen molar-refractivity contribution in [3.8, 4) is 0 Å². The third-order valence-corrected chi connectivity index (χ3v) is 0.586. The minimum absolute atomic E-state index is 0. The Hall–Kier alpha value is 0.930. The summed E-state index contributed by atoms with van der Waals surface area (Å²) in [6.07, 6.45) is 10.0. The first-order valence-electron chi connectivity index (χ1n) is 1.72. The number of hydrogen-bond acceptors (Lipinski definition) is 0. The fourth-order valence-electron chi connectivity index (χ4n) is 0.340. The zero-order chi connectivity index (χ0) is 3.54. The Balaban J connectivity index is -0.0000000312. The molecule has 0 radical (unpaired) electrons. The normalized spacial score (nSPS) is 9.78. The van der Waals surface area contributed by atoms with Crippen LogP contribution in [-0.4, -0.2) is 0 Å². The molecule has 0 amide bonds. The van der Waals surface area contributed by atoms with Gasteiger partial charge >= 0.3 is 25.8 Å². The minimum atomic E-state index is 0. The second-order valence-electron chi connectivity index (χ2n) is 1.00. The Labute approximate surface area is 88.4 Å². The molecular weight excluding hydrogens is 321 g/mol. The summed E-state index contributed by atoms with van der Waals surface area (Å²) < 4.78 is 0. The van der Waals surface area contributed by atoms with Crippen LogP contribution in [0.4, 0.5) is 0 Å². The maximum absolute atomic E-state index is 2.99. The van der Waals surface area contributed by atoms with Crippen LogP contribution in [0.25, 0.3) is 0 Å². The van der Waals surface area contributed by atoms with Crippen molar-refractivity contribution in [2.45, 2.75) is 6.42 Å². The van der Waals surface area contributed by atoms with E-state index < -0.39 is 0 Å². The smallest absolute Gasteiger partial charge is 1.00 e. The quantitative estimate of drug-likeness (QED) is 0.312. The van der Waals surface area contributed by atoms with Crippen LogP contribution in [-0.2, 0) is 25.8 Å². The predicted octanol–water partition coefficient (Wildman–Crippen LogP) is -4.24. The Morgan fingerprint density at radius 3 is 1.89 bits per heavy atom. The SMILES string of the molecule is [C-]1=CC=CC1.[CH3-].[Cl-].[Cl-].[Hf+4]. The molecule has 0 aromatic carbocycles. The van der Waals surface area contributed by atoms with Crippen LogP contribution in [0.5, 0.6) is 0 Å². The zero-order valence-electron chi connectivity index (χ0n) is 5.20. The predicted molar refractivity (Wildman–Crippen MR) is 28.0 cm³/mol. The molecule has 3 heteroatoms. The number of halogens is 2. The molecule has 0 aliphatic heterocycles. The molecule has 0 bridgehead atoms. The maximum atomic E-state index is 2.99. The monoisotopic (exact) mass is 330 g/mol. The topological polar surface area (TPSA) is 0 Å². The summed E-state index contributed by atoms with van der Waals surface area (Å²) in [6.45, 7) is 0. The van der Waals surface area contributed by atoms with E-state index in [-0.39, 0.29) is 58.1 Å². The van der Waals surface area contributed by atoms with Crippen LogP contribution in [0.1, 0.15) is 6.42 Å². The molecule has 1 aliphatic rings. The van der Waals surface area contributed by atoms with Crippen molar-refractivity contribution >= 4 is 0 Å². The van der Waals surface area contributed by atoms with Gasteiger partial charge in [0, 0.05) is 0 Å². The van der Waals surface area contributed by atoms with Crippen LogP contribution in [0.2, 0.25) is 0 Å². The van der Waals surface area contributed by atoms with Crippen molar-refractivity contribution in [3.05, 3.63) is 31.7 Å². The Bertz CT molecular complexity index is 69.1. The molecule has 9 heavy (non-hydrogen) atoms. The van der Waals surface area contributed by atoms with E-state index >= 15 is 0 Å². The standard InChI is InChI=1S/C5H5.CH3.2ClH.Hf/c1-2-4-5-3-1;;;;/h1-3H,4H2;1H3;2*1H;/q2*-1;;;+4/p-2. The Morgan fingerprint density at radius 2 is 1.78 bits per heavy atom. The summed E-state index contributed by atoms with van der Waals surface area (Å²) in [4.78, 5) is 0. The third kappa shape index (κ3) is 12.2. The van der Waals surface area contributed by atoms with Crippen LogP contribution in [0.3, 0.4) is 0 Å². The van der Waals surface area contributed by atoms with Gasteiger partial charge in [-0.05, 0) is 0 Å². The molecule has 1 aliphatic carbocycles. The van der Waals surface area contributed by atoms with Gasteiger partial charge in [-0.1, -0.05) is 0 Å². The molecule has 0 atom stereocenters. The third-order valence-electron chi connectivity index (χ3n) is 0.586. The van der Waals surface area contributed by atoms with Gasteiger partial charge in [0.25, 0.3) is 0 Å². The van der Waals surface area contributed by atoms with E-state index in [4.69, 9.17) is 0 Å². The van der Waals surface area contributed by atoms with Gasteiger partial charge in [-0.15, -0.1) is 6.42 Å². The average Bonchev–Trinajstić information content (AvgIpc) is 1.76. The van der Waals surface area contributed by atoms with E-state index in [1.807, 2.05) is 12.2 Å². The van der Waals surface area contributed by atoms with Gasteiger partial charge in [-0.2, -0.15) is 6.08 Å². The Kier molecular flexibility index (Phi) is 40.0. The summed E-state index contributed by atoms with van der Waals surface area (Å²) >= 11 is 0. The van der Waals surface area contributed by atoms with Crippen LogP contribution >= 0.6 is 0 Å². The van der Waals surface area contributed by atoms with E-state index in [0.29, 0.717) is 0 Å². The first-order valence-corrected chi connectivity index (χ1v) is 1.72. The molecule has 0 fully saturated rings. The zero-order valence-corrected chi connectivity index (χ0v) is 10.3. The largest absolute Gasteiger partial charge is 4.00 e. The fraction of sp³-hybridized carbons (Fsp3) is 0.167. The van der Waals surface area contributed by atoms with E-state index in [9.17, 15) is 0 Å². The number of allylic oxidation sites excluding steroid dienone is 4. The van der Waals surface area contributed by atoms with Crippen molar-refractivity contribution in [2.75, 3.05) is 0 Å². The summed E-state index contributed by atoms with van der Waals surface area (Å²) in [5, 5.41) is 0. The Morgan fingerprint density at radius 1 is 1.22 bits per heavy atom. The molecule has 0 nitrogen and oxygen atoms in total. The molecule has 0 unspecified atom stereocenters. The first kappa shape index (κ1) is 22.5. The second-order valence-corrected chi connectivity index (χ2v) is 1.00. The van der Waals surface area contributed by atoms with Crippen LogP contribution in [0, 0.1) is 13.5 Å². The van der Waals surface area contributed by atoms with Gasteiger partial charge in [0.05, 0.1) is 0 Å². The van der Waals surface area contributed by atoms with Crippen LogP contribution in [0.15, 0.2) is 18.2 Å². The van der Waals surface area contributed by atoms with Gasteiger partial charge in [0.2, 0.25) is 0 Å². The van der Waals surface area contributed by atoms with Crippen molar-refractivity contribution in [2.24, 2.45) is 0 Å². The van der Waals surface area contributed by atoms with E-state index in [2.05, 4.69) is 12.2 Å². The molecule has 0 saturated carbocycles. The number of hydrogen-bond donors (Lipinski definition) is 0. The molecular formula is C6H8Cl2Hf. The summed E-state index contributed by atoms with van der Waals surface area (Å²) in [5.74, 6) is 0. The molecule has 50 valence electrons. The molecule has 0 N–H and O–H groups in total. The van der Waals surface area contributed by atoms with Crippen molar-refractivity contribution in [1.29, 1.82) is 0 Å². The minimum Gasteiger partial charge on any atom is -1.00 e. The second kappa shape index (κ2) is 16.0. The van der Waals surface area contributed by atoms with Gasteiger partial charge in [-0.25, -0.2) is 12.2 Å². The van der Waals surface area contributed by atoms with E-state index in [1.165, 1.54) is 0 Å². The molecule has 0 saturated heterocycles. The molecule has 0 spiro atoms. The van der Waals surface area contributed by atoms with Crippen molar-refractivity contribution in [1.82, 2.24) is 0 Å². The van der Waals surface area contributed by atoms with Gasteiger partial charge in [0.1, 0.15) is 0 Å².